The summed E-state index contributed by atoms with van der Waals surface area (Å²) in [6, 6.07) is 10.2. The maximum absolute atomic E-state index is 12.9. The number of likely N-dealkylation sites (tertiary alicyclic amines) is 1. The summed E-state index contributed by atoms with van der Waals surface area (Å²) in [7, 11) is -3.33. The van der Waals surface area contributed by atoms with Gasteiger partial charge in [0.2, 0.25) is 10.0 Å². The second-order valence-corrected chi connectivity index (χ2v) is 19.1. The summed E-state index contributed by atoms with van der Waals surface area (Å²) in [5.74, 6) is 3.50. The van der Waals surface area contributed by atoms with Crippen LogP contribution >= 0.6 is 0 Å². The van der Waals surface area contributed by atoms with Crippen molar-refractivity contribution in [1.82, 2.24) is 9.62 Å². The summed E-state index contributed by atoms with van der Waals surface area (Å²) in [6.07, 6.45) is 13.6. The van der Waals surface area contributed by atoms with Gasteiger partial charge in [-0.05, 0) is 104 Å². The molecule has 5 aliphatic carbocycles. The third-order valence-corrected chi connectivity index (χ3v) is 16.6. The first kappa shape index (κ1) is 31.0. The molecule has 6 fully saturated rings. The molecule has 2 N–H and O–H groups in total. The number of benzene rings is 1. The molecule has 1 aromatic rings. The average Bonchev–Trinajstić information content (AvgIpc) is 3.35. The van der Waals surface area contributed by atoms with E-state index in [1.54, 1.807) is 5.57 Å². The highest BCUT2D eigenvalue weighted by Crippen LogP contribution is 2.87. The third kappa shape index (κ3) is 4.56. The summed E-state index contributed by atoms with van der Waals surface area (Å²) >= 11 is 0. The molecular weight excluding hydrogens is 580 g/mol. The summed E-state index contributed by atoms with van der Waals surface area (Å²) in [5, 5.41) is 10.4. The highest BCUT2D eigenvalue weighted by molar-refractivity contribution is 7.89. The average molecular weight is 637 g/mol. The normalized spacial score (nSPS) is 48.6. The van der Waals surface area contributed by atoms with Gasteiger partial charge >= 0.3 is 0 Å². The Kier molecular flexibility index (Phi) is 7.33. The number of aryl methyl sites for hydroxylation is 1. The van der Waals surface area contributed by atoms with Crippen LogP contribution in [0.4, 0.5) is 0 Å². The van der Waals surface area contributed by atoms with Gasteiger partial charge in [0.25, 0.3) is 0 Å². The van der Waals surface area contributed by atoms with Crippen LogP contribution in [0.25, 0.3) is 0 Å². The molecule has 4 saturated carbocycles. The van der Waals surface area contributed by atoms with Crippen LogP contribution in [-0.4, -0.2) is 67.7 Å². The third-order valence-electron chi connectivity index (χ3n) is 15.2. The number of nitrogens with one attached hydrogen (secondary N) is 1. The van der Waals surface area contributed by atoms with E-state index in [0.717, 1.165) is 55.7 Å². The molecule has 45 heavy (non-hydrogen) atoms. The highest BCUT2D eigenvalue weighted by atomic mass is 32.2. The zero-order valence-corrected chi connectivity index (χ0v) is 28.8. The molecule has 0 amide bonds. The first-order chi connectivity index (χ1) is 21.4. The maximum atomic E-state index is 12.9. The highest BCUT2D eigenvalue weighted by Gasteiger charge is 2.84. The van der Waals surface area contributed by atoms with E-state index < -0.39 is 10.0 Å². The number of hydrogen-bond donors (Lipinski definition) is 2. The van der Waals surface area contributed by atoms with Gasteiger partial charge in [-0.2, -0.15) is 0 Å². The van der Waals surface area contributed by atoms with Crippen LogP contribution in [0.2, 0.25) is 0 Å². The number of aliphatic hydroxyl groups excluding tert-OH is 1. The molecule has 0 radical (unpaired) electrons. The summed E-state index contributed by atoms with van der Waals surface area (Å²) in [6.45, 7) is 12.2. The first-order valence-electron chi connectivity index (χ1n) is 18.2. The Bertz CT molecular complexity index is 1450. The molecule has 0 bridgehead atoms. The molecule has 3 unspecified atom stereocenters. The molecule has 6 nitrogen and oxygen atoms in total. The standard InChI is InChI=1S/C38H56N2O4S/c1-25-20-33-34(40(23-25)18-17-39-45(42,43)19-14-27-8-6-5-7-9-27)26(2)38(44-33)16-13-31-30-11-10-28-21-29(41)12-15-35(28,3)32(30)22-37(31)24-36(37,38)4/h5-9,21,25-26,29-34,39,41H,10-20,22-24H2,1-4H3/t25-,26+,29-,30-,31-,32-,33+,34-,35-,36?,37?,38?/m0/s1. The van der Waals surface area contributed by atoms with Crippen molar-refractivity contribution in [3.05, 3.63) is 47.5 Å². The maximum Gasteiger partial charge on any atom is 0.211 e. The van der Waals surface area contributed by atoms with Crippen LogP contribution in [0.15, 0.2) is 42.0 Å². The zero-order chi connectivity index (χ0) is 31.4. The smallest absolute Gasteiger partial charge is 0.211 e. The minimum absolute atomic E-state index is 0.0772. The van der Waals surface area contributed by atoms with Gasteiger partial charge < -0.3 is 9.84 Å². The number of fused-ring (bicyclic) bond motifs is 6. The number of sulfonamides is 1. The minimum Gasteiger partial charge on any atom is -0.389 e. The van der Waals surface area contributed by atoms with Gasteiger partial charge in [0.15, 0.2) is 0 Å². The number of piperidine rings is 1. The van der Waals surface area contributed by atoms with Gasteiger partial charge in [0, 0.05) is 37.0 Å². The Morgan fingerprint density at radius 2 is 1.87 bits per heavy atom. The molecule has 1 aromatic carbocycles. The number of allylic oxidation sites excluding steroid dienone is 1. The van der Waals surface area contributed by atoms with Crippen molar-refractivity contribution in [2.24, 2.45) is 45.8 Å². The molecule has 8 rings (SSSR count). The second kappa shape index (κ2) is 10.6. The number of rotatable bonds is 7. The van der Waals surface area contributed by atoms with Crippen LogP contribution < -0.4 is 4.72 Å². The predicted molar refractivity (Wildman–Crippen MR) is 178 cm³/mol. The minimum atomic E-state index is -3.33. The van der Waals surface area contributed by atoms with Gasteiger partial charge in [-0.1, -0.05) is 69.7 Å². The summed E-state index contributed by atoms with van der Waals surface area (Å²) in [4.78, 5) is 2.60. The quantitative estimate of drug-likeness (QED) is 0.362. The SMILES string of the molecule is C[C@H]1C[C@H]2OC3(CC[C@H]4[C@@H]5CCC6=C[C@@H](O)CC[C@]6(C)[C@H]5CC45CC53C)[C@H](C)[C@@H]2N(CCNS(=O)(=O)CCc2ccccc2)C1. The lowest BCUT2D eigenvalue weighted by Gasteiger charge is -2.50. The van der Waals surface area contributed by atoms with Crippen molar-refractivity contribution in [2.75, 3.05) is 25.4 Å². The molecule has 2 heterocycles. The first-order valence-corrected chi connectivity index (χ1v) is 19.9. The monoisotopic (exact) mass is 636 g/mol. The Morgan fingerprint density at radius 1 is 1.07 bits per heavy atom. The van der Waals surface area contributed by atoms with E-state index in [9.17, 15) is 13.5 Å². The lowest BCUT2D eigenvalue weighted by Crippen LogP contribution is -2.55. The van der Waals surface area contributed by atoms with Crippen LogP contribution in [-0.2, 0) is 21.2 Å². The fraction of sp³-hybridized carbons (Fsp3) is 0.789. The van der Waals surface area contributed by atoms with Gasteiger partial charge in [0.1, 0.15) is 0 Å². The van der Waals surface area contributed by atoms with E-state index in [1.165, 1.54) is 38.5 Å². The fourth-order valence-corrected chi connectivity index (χ4v) is 14.1. The van der Waals surface area contributed by atoms with Crippen molar-refractivity contribution in [2.45, 2.75) is 116 Å². The Hall–Kier alpha value is -1.25. The molecule has 7 aliphatic rings. The van der Waals surface area contributed by atoms with E-state index in [2.05, 4.69) is 43.4 Å². The van der Waals surface area contributed by atoms with Gasteiger partial charge in [-0.15, -0.1) is 0 Å². The van der Waals surface area contributed by atoms with Crippen molar-refractivity contribution < 1.29 is 18.3 Å². The molecule has 7 heteroatoms. The van der Waals surface area contributed by atoms with Crippen LogP contribution in [0.5, 0.6) is 0 Å². The fourth-order valence-electron chi connectivity index (χ4n) is 13.1. The van der Waals surface area contributed by atoms with Gasteiger partial charge in [-0.3, -0.25) is 4.90 Å². The van der Waals surface area contributed by atoms with Crippen LogP contribution in [0.3, 0.4) is 0 Å². The molecule has 12 atom stereocenters. The zero-order valence-electron chi connectivity index (χ0n) is 28.0. The van der Waals surface area contributed by atoms with Crippen LogP contribution in [0.1, 0.15) is 91.0 Å². The second-order valence-electron chi connectivity index (χ2n) is 17.1. The van der Waals surface area contributed by atoms with Crippen LogP contribution in [0, 0.1) is 45.8 Å². The molecular formula is C38H56N2O4S. The lowest BCUT2D eigenvalue weighted by atomic mass is 9.56. The Labute approximate surface area is 271 Å². The Balaban J connectivity index is 0.980. The number of hydrogen-bond acceptors (Lipinski definition) is 5. The number of aliphatic hydroxyl groups is 1. The van der Waals surface area contributed by atoms with E-state index >= 15 is 0 Å². The number of ether oxygens (including phenoxy) is 1. The van der Waals surface area contributed by atoms with E-state index in [1.807, 2.05) is 30.3 Å². The molecule has 0 aromatic heterocycles. The summed E-state index contributed by atoms with van der Waals surface area (Å²) < 4.78 is 36.2. The van der Waals surface area contributed by atoms with Crippen molar-refractivity contribution in [1.29, 1.82) is 0 Å². The lowest BCUT2D eigenvalue weighted by molar-refractivity contribution is -0.148. The number of nitrogens with zero attached hydrogens (tertiary/aromatic N) is 1. The predicted octanol–water partition coefficient (Wildman–Crippen LogP) is 5.96. The van der Waals surface area contributed by atoms with E-state index in [4.69, 9.17) is 4.74 Å². The van der Waals surface area contributed by atoms with E-state index in [0.29, 0.717) is 36.3 Å². The van der Waals surface area contributed by atoms with Gasteiger partial charge in [0.05, 0.1) is 23.6 Å². The largest absolute Gasteiger partial charge is 0.389 e. The Morgan fingerprint density at radius 3 is 2.67 bits per heavy atom. The van der Waals surface area contributed by atoms with Crippen molar-refractivity contribution in [3.8, 4) is 0 Å². The van der Waals surface area contributed by atoms with Crippen molar-refractivity contribution in [3.63, 3.8) is 0 Å². The van der Waals surface area contributed by atoms with Crippen molar-refractivity contribution >= 4 is 10.0 Å². The molecule has 2 spiro atoms. The molecule has 248 valence electrons. The topological polar surface area (TPSA) is 78.9 Å². The molecule has 2 aliphatic heterocycles. The molecule has 2 saturated heterocycles. The summed E-state index contributed by atoms with van der Waals surface area (Å²) in [5.41, 5.74) is 3.44. The van der Waals surface area contributed by atoms with E-state index in [-0.39, 0.29) is 34.4 Å². The van der Waals surface area contributed by atoms with Gasteiger partial charge in [-0.25, -0.2) is 13.1 Å².